The summed E-state index contributed by atoms with van der Waals surface area (Å²) in [5.74, 6) is -0.285. The van der Waals surface area contributed by atoms with Crippen LogP contribution in [0.5, 0.6) is 0 Å². The summed E-state index contributed by atoms with van der Waals surface area (Å²) in [6, 6.07) is 12.7. The summed E-state index contributed by atoms with van der Waals surface area (Å²) >= 11 is 0. The van der Waals surface area contributed by atoms with Gasteiger partial charge in [-0.15, -0.1) is 0 Å². The molecule has 0 spiro atoms. The van der Waals surface area contributed by atoms with Crippen LogP contribution in [0.2, 0.25) is 0 Å². The van der Waals surface area contributed by atoms with Gasteiger partial charge in [-0.3, -0.25) is 0 Å². The molecule has 0 unspecified atom stereocenters. The van der Waals surface area contributed by atoms with Gasteiger partial charge in [-0.1, -0.05) is 29.8 Å². The average molecular weight is 278 g/mol. The Morgan fingerprint density at radius 2 is 1.53 bits per heavy atom. The van der Waals surface area contributed by atoms with E-state index in [9.17, 15) is 12.8 Å². The molecule has 2 nitrogen and oxygen atoms in total. The summed E-state index contributed by atoms with van der Waals surface area (Å²) in [7, 11) is -3.28. The smallest absolute Gasteiger partial charge is 0.178 e. The van der Waals surface area contributed by atoms with Gasteiger partial charge in [-0.2, -0.15) is 0 Å². The first-order valence-electron chi connectivity index (χ1n) is 6.01. The Morgan fingerprint density at radius 3 is 2.11 bits per heavy atom. The largest absolute Gasteiger partial charge is 0.224 e. The van der Waals surface area contributed by atoms with E-state index in [0.717, 1.165) is 11.1 Å². The molecule has 0 aliphatic carbocycles. The molecule has 0 amide bonds. The molecule has 0 fully saturated rings. The first-order valence-corrected chi connectivity index (χ1v) is 7.66. The molecule has 0 heterocycles. The molecule has 0 N–H and O–H groups in total. The van der Waals surface area contributed by atoms with Gasteiger partial charge in [0.15, 0.2) is 9.84 Å². The number of rotatable bonds is 4. The number of halogens is 1. The quantitative estimate of drug-likeness (QED) is 0.861. The van der Waals surface area contributed by atoms with E-state index >= 15 is 0 Å². The van der Waals surface area contributed by atoms with Gasteiger partial charge in [0.2, 0.25) is 0 Å². The average Bonchev–Trinajstić information content (AvgIpc) is 2.39. The monoisotopic (exact) mass is 278 g/mol. The van der Waals surface area contributed by atoms with Crippen molar-refractivity contribution in [3.63, 3.8) is 0 Å². The van der Waals surface area contributed by atoms with Crippen molar-refractivity contribution in [2.24, 2.45) is 0 Å². The molecule has 0 bridgehead atoms. The van der Waals surface area contributed by atoms with Crippen molar-refractivity contribution in [2.45, 2.75) is 18.2 Å². The second-order valence-electron chi connectivity index (χ2n) is 4.51. The number of benzene rings is 2. The number of aryl methyl sites for hydroxylation is 2. The molecule has 0 atom stereocenters. The minimum Gasteiger partial charge on any atom is -0.224 e. The minimum absolute atomic E-state index is 0.0295. The SMILES string of the molecule is Cc1ccc(S(=O)(=O)CCc2ccc(F)cc2)cc1. The van der Waals surface area contributed by atoms with Crippen molar-refractivity contribution >= 4 is 9.84 Å². The Hall–Kier alpha value is -1.68. The predicted octanol–water partition coefficient (Wildman–Crippen LogP) is 3.15. The third-order valence-corrected chi connectivity index (χ3v) is 4.68. The third kappa shape index (κ3) is 3.64. The Balaban J connectivity index is 2.09. The highest BCUT2D eigenvalue weighted by atomic mass is 32.2. The van der Waals surface area contributed by atoms with Crippen LogP contribution in [0.3, 0.4) is 0 Å². The standard InChI is InChI=1S/C15H15FO2S/c1-12-2-8-15(9-3-12)19(17,18)11-10-13-4-6-14(16)7-5-13/h2-9H,10-11H2,1H3. The molecule has 0 aliphatic rings. The normalized spacial score (nSPS) is 11.5. The highest BCUT2D eigenvalue weighted by molar-refractivity contribution is 7.91. The highest BCUT2D eigenvalue weighted by Crippen LogP contribution is 2.14. The zero-order valence-electron chi connectivity index (χ0n) is 10.6. The van der Waals surface area contributed by atoms with E-state index in [2.05, 4.69) is 0 Å². The van der Waals surface area contributed by atoms with Gasteiger partial charge in [-0.05, 0) is 43.2 Å². The number of hydrogen-bond acceptors (Lipinski definition) is 2. The van der Waals surface area contributed by atoms with Crippen molar-refractivity contribution in [1.29, 1.82) is 0 Å². The topological polar surface area (TPSA) is 34.1 Å². The van der Waals surface area contributed by atoms with E-state index in [1.807, 2.05) is 6.92 Å². The van der Waals surface area contributed by atoms with Crippen molar-refractivity contribution in [3.8, 4) is 0 Å². The molecule has 0 aromatic heterocycles. The molecule has 2 aromatic carbocycles. The molecule has 4 heteroatoms. The molecule has 0 radical (unpaired) electrons. The zero-order chi connectivity index (χ0) is 13.9. The van der Waals surface area contributed by atoms with Crippen molar-refractivity contribution < 1.29 is 12.8 Å². The Labute approximate surface area is 112 Å². The fourth-order valence-electron chi connectivity index (χ4n) is 1.77. The van der Waals surface area contributed by atoms with Crippen molar-refractivity contribution in [2.75, 3.05) is 5.75 Å². The minimum atomic E-state index is -3.28. The summed E-state index contributed by atoms with van der Waals surface area (Å²) in [5.41, 5.74) is 1.84. The van der Waals surface area contributed by atoms with Gasteiger partial charge in [0.05, 0.1) is 10.6 Å². The summed E-state index contributed by atoms with van der Waals surface area (Å²) in [5, 5.41) is 0. The van der Waals surface area contributed by atoms with Gasteiger partial charge in [0.1, 0.15) is 5.82 Å². The summed E-state index contributed by atoms with van der Waals surface area (Å²) < 4.78 is 37.0. The second-order valence-corrected chi connectivity index (χ2v) is 6.62. The first-order chi connectivity index (χ1) is 8.97. The van der Waals surface area contributed by atoms with Crippen LogP contribution in [0.25, 0.3) is 0 Å². The van der Waals surface area contributed by atoms with Crippen molar-refractivity contribution in [3.05, 3.63) is 65.5 Å². The fraction of sp³-hybridized carbons (Fsp3) is 0.200. The summed E-state index contributed by atoms with van der Waals surface area (Å²) in [4.78, 5) is 0.334. The number of sulfone groups is 1. The van der Waals surface area contributed by atoms with Gasteiger partial charge in [0, 0.05) is 0 Å². The van der Waals surface area contributed by atoms with E-state index < -0.39 is 9.84 Å². The van der Waals surface area contributed by atoms with Crippen LogP contribution in [0.15, 0.2) is 53.4 Å². The molecule has 2 aromatic rings. The maximum Gasteiger partial charge on any atom is 0.178 e. The molecule has 100 valence electrons. The second kappa shape index (κ2) is 5.53. The van der Waals surface area contributed by atoms with Crippen LogP contribution in [-0.4, -0.2) is 14.2 Å². The van der Waals surface area contributed by atoms with Gasteiger partial charge < -0.3 is 0 Å². The van der Waals surface area contributed by atoms with Crippen LogP contribution in [0.4, 0.5) is 4.39 Å². The lowest BCUT2D eigenvalue weighted by atomic mass is 10.2. The lowest BCUT2D eigenvalue weighted by Crippen LogP contribution is -2.09. The molecule has 2 rings (SSSR count). The predicted molar refractivity (Wildman–Crippen MR) is 73.3 cm³/mol. The third-order valence-electron chi connectivity index (χ3n) is 2.95. The van der Waals surface area contributed by atoms with Crippen LogP contribution in [-0.2, 0) is 16.3 Å². The maximum atomic E-state index is 12.7. The van der Waals surface area contributed by atoms with E-state index in [4.69, 9.17) is 0 Å². The van der Waals surface area contributed by atoms with E-state index in [-0.39, 0.29) is 11.6 Å². The first kappa shape index (κ1) is 13.7. The molecule has 0 aliphatic heterocycles. The Morgan fingerprint density at radius 1 is 0.947 bits per heavy atom. The van der Waals surface area contributed by atoms with Gasteiger partial charge >= 0.3 is 0 Å². The lowest BCUT2D eigenvalue weighted by Gasteiger charge is -2.05. The molecule has 0 saturated heterocycles. The maximum absolute atomic E-state index is 12.7. The highest BCUT2D eigenvalue weighted by Gasteiger charge is 2.13. The fourth-order valence-corrected chi connectivity index (χ4v) is 3.06. The molecule has 0 saturated carbocycles. The Bertz CT molecular complexity index is 644. The van der Waals surface area contributed by atoms with Crippen LogP contribution < -0.4 is 0 Å². The van der Waals surface area contributed by atoms with Crippen LogP contribution in [0.1, 0.15) is 11.1 Å². The van der Waals surface area contributed by atoms with E-state index in [1.54, 1.807) is 36.4 Å². The molecular formula is C15H15FO2S. The molecule has 19 heavy (non-hydrogen) atoms. The Kier molecular flexibility index (Phi) is 4.00. The van der Waals surface area contributed by atoms with Crippen LogP contribution >= 0.6 is 0 Å². The molecular weight excluding hydrogens is 263 g/mol. The van der Waals surface area contributed by atoms with Crippen LogP contribution in [0, 0.1) is 12.7 Å². The van der Waals surface area contributed by atoms with Gasteiger partial charge in [0.25, 0.3) is 0 Å². The van der Waals surface area contributed by atoms with Crippen molar-refractivity contribution in [1.82, 2.24) is 0 Å². The lowest BCUT2D eigenvalue weighted by molar-refractivity contribution is 0.595. The summed E-state index contributed by atoms with van der Waals surface area (Å²) in [6.07, 6.45) is 0.385. The zero-order valence-corrected chi connectivity index (χ0v) is 11.5. The number of hydrogen-bond donors (Lipinski definition) is 0. The van der Waals surface area contributed by atoms with E-state index in [1.165, 1.54) is 12.1 Å². The summed E-state index contributed by atoms with van der Waals surface area (Å²) in [6.45, 7) is 1.91. The van der Waals surface area contributed by atoms with Gasteiger partial charge in [-0.25, -0.2) is 12.8 Å². The van der Waals surface area contributed by atoms with E-state index in [0.29, 0.717) is 11.3 Å².